The minimum absolute atomic E-state index is 0.0741. The summed E-state index contributed by atoms with van der Waals surface area (Å²) in [7, 11) is 0. The van der Waals surface area contributed by atoms with Gasteiger partial charge in [0.25, 0.3) is 0 Å². The summed E-state index contributed by atoms with van der Waals surface area (Å²) in [4.78, 5) is 10.7. The first kappa shape index (κ1) is 7.86. The molecule has 4 heteroatoms. The number of amides is 1. The molecular weight excluding hydrogens is 222 g/mol. The number of β-lactam (4-membered cyclic amide) rings is 1. The molecule has 0 bridgehead atoms. The molecule has 2 rings (SSSR count). The molecule has 3 nitrogen and oxygen atoms in total. The van der Waals surface area contributed by atoms with E-state index in [0.717, 1.165) is 5.76 Å². The second-order valence-electron chi connectivity index (χ2n) is 3.16. The molecule has 0 saturated carbocycles. The highest BCUT2D eigenvalue weighted by molar-refractivity contribution is 9.10. The van der Waals surface area contributed by atoms with Gasteiger partial charge in [-0.25, -0.2) is 0 Å². The van der Waals surface area contributed by atoms with E-state index in [-0.39, 0.29) is 11.4 Å². The second-order valence-corrected chi connectivity index (χ2v) is 3.94. The fraction of sp³-hybridized carbons (Fsp3) is 0.375. The molecule has 0 aromatic carbocycles. The van der Waals surface area contributed by atoms with E-state index in [2.05, 4.69) is 21.2 Å². The van der Waals surface area contributed by atoms with E-state index in [9.17, 15) is 4.79 Å². The first-order valence-electron chi connectivity index (χ1n) is 3.67. The van der Waals surface area contributed by atoms with E-state index in [4.69, 9.17) is 4.42 Å². The van der Waals surface area contributed by atoms with E-state index in [1.165, 1.54) is 0 Å². The van der Waals surface area contributed by atoms with Crippen LogP contribution in [0.2, 0.25) is 0 Å². The Hall–Kier alpha value is -0.770. The highest BCUT2D eigenvalue weighted by Crippen LogP contribution is 2.33. The zero-order chi connectivity index (χ0) is 8.77. The molecule has 12 heavy (non-hydrogen) atoms. The van der Waals surface area contributed by atoms with Gasteiger partial charge in [-0.1, -0.05) is 0 Å². The van der Waals surface area contributed by atoms with Crippen LogP contribution in [0.3, 0.4) is 0 Å². The van der Waals surface area contributed by atoms with Crippen LogP contribution in [0.1, 0.15) is 19.1 Å². The van der Waals surface area contributed by atoms with Crippen LogP contribution in [-0.2, 0) is 10.3 Å². The Bertz CT molecular complexity index is 324. The quantitative estimate of drug-likeness (QED) is 0.747. The number of furan rings is 1. The van der Waals surface area contributed by atoms with Crippen molar-refractivity contribution in [2.24, 2.45) is 0 Å². The van der Waals surface area contributed by atoms with Gasteiger partial charge in [-0.2, -0.15) is 0 Å². The zero-order valence-electron chi connectivity index (χ0n) is 6.56. The molecule has 1 aliphatic heterocycles. The molecule has 1 amide bonds. The average molecular weight is 230 g/mol. The molecule has 1 aromatic rings. The first-order valence-corrected chi connectivity index (χ1v) is 4.46. The number of hydrogen-bond donors (Lipinski definition) is 1. The SMILES string of the molecule is CC1(c2ccc(Br)o2)CC(=O)N1. The summed E-state index contributed by atoms with van der Waals surface area (Å²) in [6.07, 6.45) is 0.507. The molecule has 0 aliphatic carbocycles. The van der Waals surface area contributed by atoms with Crippen molar-refractivity contribution >= 4 is 21.8 Å². The molecule has 1 aliphatic rings. The molecule has 1 fully saturated rings. The van der Waals surface area contributed by atoms with E-state index < -0.39 is 0 Å². The third kappa shape index (κ3) is 1.06. The van der Waals surface area contributed by atoms with Gasteiger partial charge in [0.1, 0.15) is 11.3 Å². The summed E-state index contributed by atoms with van der Waals surface area (Å²) in [5, 5.41) is 2.80. The predicted molar refractivity (Wildman–Crippen MR) is 46.5 cm³/mol. The topological polar surface area (TPSA) is 42.2 Å². The van der Waals surface area contributed by atoms with Crippen molar-refractivity contribution in [2.75, 3.05) is 0 Å². The van der Waals surface area contributed by atoms with Crippen LogP contribution < -0.4 is 5.32 Å². The minimum atomic E-state index is -0.289. The normalized spacial score (nSPS) is 28.0. The molecular formula is C8H8BrNO2. The van der Waals surface area contributed by atoms with Crippen LogP contribution in [-0.4, -0.2) is 5.91 Å². The summed E-state index contributed by atoms with van der Waals surface area (Å²) in [6.45, 7) is 1.94. The van der Waals surface area contributed by atoms with E-state index in [1.54, 1.807) is 0 Å². The Morgan fingerprint density at radius 2 is 2.33 bits per heavy atom. The highest BCUT2D eigenvalue weighted by atomic mass is 79.9. The Morgan fingerprint density at radius 1 is 1.67 bits per heavy atom. The fourth-order valence-electron chi connectivity index (χ4n) is 1.37. The van der Waals surface area contributed by atoms with E-state index >= 15 is 0 Å². The lowest BCUT2D eigenvalue weighted by molar-refractivity contribution is -0.133. The van der Waals surface area contributed by atoms with Gasteiger partial charge in [0.15, 0.2) is 4.67 Å². The number of halogens is 1. The predicted octanol–water partition coefficient (Wildman–Crippen LogP) is 1.78. The number of nitrogens with one attached hydrogen (secondary N) is 1. The van der Waals surface area contributed by atoms with Crippen LogP contribution in [0, 0.1) is 0 Å². The summed E-state index contributed by atoms with van der Waals surface area (Å²) in [5.74, 6) is 0.874. The monoisotopic (exact) mass is 229 g/mol. The van der Waals surface area contributed by atoms with Crippen LogP contribution in [0.15, 0.2) is 21.2 Å². The van der Waals surface area contributed by atoms with Gasteiger partial charge in [0.05, 0.1) is 6.42 Å². The standard InChI is InChI=1S/C8H8BrNO2/c1-8(4-7(11)10-8)5-2-3-6(9)12-5/h2-3H,4H2,1H3,(H,10,11). The first-order chi connectivity index (χ1) is 5.60. The number of carbonyl (C=O) groups is 1. The second kappa shape index (κ2) is 2.36. The Morgan fingerprint density at radius 3 is 2.75 bits per heavy atom. The van der Waals surface area contributed by atoms with Crippen molar-refractivity contribution in [3.63, 3.8) is 0 Å². The molecule has 1 unspecified atom stereocenters. The van der Waals surface area contributed by atoms with Crippen LogP contribution >= 0.6 is 15.9 Å². The lowest BCUT2D eigenvalue weighted by atomic mass is 9.87. The van der Waals surface area contributed by atoms with Crippen LogP contribution in [0.4, 0.5) is 0 Å². The van der Waals surface area contributed by atoms with Crippen molar-refractivity contribution in [3.8, 4) is 0 Å². The summed E-state index contributed by atoms with van der Waals surface area (Å²) in [6, 6.07) is 3.69. The highest BCUT2D eigenvalue weighted by Gasteiger charge is 2.42. The van der Waals surface area contributed by atoms with E-state index in [0.29, 0.717) is 11.1 Å². The summed E-state index contributed by atoms with van der Waals surface area (Å²) in [5.41, 5.74) is -0.289. The van der Waals surface area contributed by atoms with Crippen LogP contribution in [0.5, 0.6) is 0 Å². The van der Waals surface area contributed by atoms with Crippen molar-refractivity contribution in [2.45, 2.75) is 18.9 Å². The lowest BCUT2D eigenvalue weighted by Gasteiger charge is -2.36. The molecule has 2 heterocycles. The van der Waals surface area contributed by atoms with Gasteiger partial charge in [0.2, 0.25) is 5.91 Å². The van der Waals surface area contributed by atoms with Crippen LogP contribution in [0.25, 0.3) is 0 Å². The summed E-state index contributed by atoms with van der Waals surface area (Å²) >= 11 is 3.21. The Balaban J connectivity index is 2.26. The maximum absolute atomic E-state index is 10.7. The van der Waals surface area contributed by atoms with Crippen molar-refractivity contribution < 1.29 is 9.21 Å². The van der Waals surface area contributed by atoms with Gasteiger partial charge < -0.3 is 9.73 Å². The van der Waals surface area contributed by atoms with Gasteiger partial charge in [0, 0.05) is 0 Å². The van der Waals surface area contributed by atoms with Gasteiger partial charge in [-0.15, -0.1) is 0 Å². The largest absolute Gasteiger partial charge is 0.452 e. The Kier molecular flexibility index (Phi) is 1.54. The van der Waals surface area contributed by atoms with Gasteiger partial charge in [-0.05, 0) is 35.0 Å². The summed E-state index contributed by atoms with van der Waals surface area (Å²) < 4.78 is 6.04. The third-order valence-corrected chi connectivity index (χ3v) is 2.47. The number of hydrogen-bond acceptors (Lipinski definition) is 2. The van der Waals surface area contributed by atoms with Crippen molar-refractivity contribution in [3.05, 3.63) is 22.6 Å². The Labute approximate surface area is 78.3 Å². The molecule has 0 radical (unpaired) electrons. The molecule has 1 saturated heterocycles. The third-order valence-electron chi connectivity index (χ3n) is 2.05. The van der Waals surface area contributed by atoms with Crippen molar-refractivity contribution in [1.82, 2.24) is 5.32 Å². The lowest BCUT2D eigenvalue weighted by Crippen LogP contribution is -2.56. The maximum Gasteiger partial charge on any atom is 0.223 e. The molecule has 1 atom stereocenters. The van der Waals surface area contributed by atoms with Gasteiger partial charge >= 0.3 is 0 Å². The molecule has 0 spiro atoms. The van der Waals surface area contributed by atoms with Gasteiger partial charge in [-0.3, -0.25) is 4.79 Å². The zero-order valence-corrected chi connectivity index (χ0v) is 8.14. The smallest absolute Gasteiger partial charge is 0.223 e. The minimum Gasteiger partial charge on any atom is -0.452 e. The number of rotatable bonds is 1. The molecule has 64 valence electrons. The van der Waals surface area contributed by atoms with Crippen molar-refractivity contribution in [1.29, 1.82) is 0 Å². The van der Waals surface area contributed by atoms with E-state index in [1.807, 2.05) is 19.1 Å². The molecule has 1 aromatic heterocycles. The fourth-order valence-corrected chi connectivity index (χ4v) is 1.68. The number of carbonyl (C=O) groups excluding carboxylic acids is 1. The average Bonchev–Trinajstić information content (AvgIpc) is 2.33. The molecule has 1 N–H and O–H groups in total. The maximum atomic E-state index is 10.7.